The number of hydrogen-bond donors (Lipinski definition) is 1. The zero-order chi connectivity index (χ0) is 14.7. The molecule has 0 aromatic heterocycles. The average Bonchev–Trinajstić information content (AvgIpc) is 2.48. The third kappa shape index (κ3) is 3.88. The first-order valence-corrected chi connectivity index (χ1v) is 9.48. The molecule has 0 saturated carbocycles. The van der Waals surface area contributed by atoms with Gasteiger partial charge in [-0.05, 0) is 49.0 Å². The van der Waals surface area contributed by atoms with Crippen LogP contribution in [0.1, 0.15) is 39.5 Å². The first-order chi connectivity index (χ1) is 10.1. The molecule has 0 aliphatic carbocycles. The molecule has 0 amide bonds. The van der Waals surface area contributed by atoms with Crippen LogP contribution in [0.25, 0.3) is 0 Å². The highest BCUT2D eigenvalue weighted by molar-refractivity contribution is 7.99. The molecule has 0 radical (unpaired) electrons. The molecule has 2 heterocycles. The largest absolute Gasteiger partial charge is 0.380 e. The van der Waals surface area contributed by atoms with Crippen LogP contribution in [0.15, 0.2) is 24.3 Å². The van der Waals surface area contributed by atoms with Crippen LogP contribution in [0.4, 0.5) is 11.4 Å². The van der Waals surface area contributed by atoms with E-state index in [4.69, 9.17) is 0 Å². The summed E-state index contributed by atoms with van der Waals surface area (Å²) in [5.74, 6) is 2.52. The number of hydrogen-bond acceptors (Lipinski definition) is 3. The van der Waals surface area contributed by atoms with Crippen LogP contribution in [0, 0.1) is 5.41 Å². The Labute approximate surface area is 133 Å². The van der Waals surface area contributed by atoms with Crippen molar-refractivity contribution in [2.45, 2.75) is 45.6 Å². The van der Waals surface area contributed by atoms with E-state index in [0.717, 1.165) is 0 Å². The first kappa shape index (κ1) is 15.1. The molecule has 21 heavy (non-hydrogen) atoms. The molecule has 1 atom stereocenters. The molecule has 2 saturated heterocycles. The quantitative estimate of drug-likeness (QED) is 0.877. The molecule has 1 aromatic carbocycles. The Morgan fingerprint density at radius 3 is 2.67 bits per heavy atom. The van der Waals surface area contributed by atoms with Gasteiger partial charge >= 0.3 is 0 Å². The maximum Gasteiger partial charge on any atom is 0.0602 e. The standard InChI is InChI=1S/C18H28N2S/c1-18(2)12-15(13-21-14-18)19-16-8-4-5-9-17(16)20-10-6-3-7-11-20/h4-5,8-9,15,19H,3,6-7,10-14H2,1-2H3. The lowest BCUT2D eigenvalue weighted by Gasteiger charge is -2.37. The van der Waals surface area contributed by atoms with Gasteiger partial charge in [-0.2, -0.15) is 11.8 Å². The Balaban J connectivity index is 1.73. The molecule has 2 aliphatic rings. The summed E-state index contributed by atoms with van der Waals surface area (Å²) in [7, 11) is 0. The van der Waals surface area contributed by atoms with E-state index in [1.54, 1.807) is 0 Å². The lowest BCUT2D eigenvalue weighted by Crippen LogP contribution is -2.36. The van der Waals surface area contributed by atoms with Crippen molar-refractivity contribution in [2.24, 2.45) is 5.41 Å². The fourth-order valence-electron chi connectivity index (χ4n) is 3.58. The van der Waals surface area contributed by atoms with E-state index in [0.29, 0.717) is 11.5 Å². The lowest BCUT2D eigenvalue weighted by molar-refractivity contribution is 0.358. The Hall–Kier alpha value is -0.830. The molecule has 1 aromatic rings. The molecule has 2 aliphatic heterocycles. The minimum atomic E-state index is 0.459. The topological polar surface area (TPSA) is 15.3 Å². The highest BCUT2D eigenvalue weighted by Gasteiger charge is 2.29. The molecule has 1 N–H and O–H groups in total. The Bertz CT molecular complexity index is 466. The minimum Gasteiger partial charge on any atom is -0.380 e. The van der Waals surface area contributed by atoms with Gasteiger partial charge in [0, 0.05) is 24.9 Å². The highest BCUT2D eigenvalue weighted by atomic mass is 32.2. The summed E-state index contributed by atoms with van der Waals surface area (Å²) in [6, 6.07) is 9.49. The molecular formula is C18H28N2S. The summed E-state index contributed by atoms with van der Waals surface area (Å²) in [5.41, 5.74) is 3.20. The first-order valence-electron chi connectivity index (χ1n) is 8.32. The van der Waals surface area contributed by atoms with E-state index in [9.17, 15) is 0 Å². The van der Waals surface area contributed by atoms with E-state index >= 15 is 0 Å². The molecule has 2 fully saturated rings. The van der Waals surface area contributed by atoms with Crippen molar-refractivity contribution in [3.63, 3.8) is 0 Å². The molecule has 2 nitrogen and oxygen atoms in total. The minimum absolute atomic E-state index is 0.459. The van der Waals surface area contributed by atoms with Crippen molar-refractivity contribution in [1.29, 1.82) is 0 Å². The summed E-state index contributed by atoms with van der Waals surface area (Å²) in [6.45, 7) is 7.21. The smallest absolute Gasteiger partial charge is 0.0602 e. The molecule has 0 bridgehead atoms. The Kier molecular flexibility index (Phi) is 4.68. The second kappa shape index (κ2) is 6.51. The monoisotopic (exact) mass is 304 g/mol. The number of nitrogens with one attached hydrogen (secondary N) is 1. The maximum absolute atomic E-state index is 3.84. The van der Waals surface area contributed by atoms with Crippen molar-refractivity contribution < 1.29 is 0 Å². The van der Waals surface area contributed by atoms with Crippen molar-refractivity contribution >= 4 is 23.1 Å². The number of benzene rings is 1. The predicted molar refractivity (Wildman–Crippen MR) is 95.6 cm³/mol. The summed E-state index contributed by atoms with van der Waals surface area (Å²) in [5, 5.41) is 3.84. The number of rotatable bonds is 3. The second-order valence-electron chi connectivity index (χ2n) is 7.29. The Morgan fingerprint density at radius 1 is 1.14 bits per heavy atom. The fourth-order valence-corrected chi connectivity index (χ4v) is 4.86. The van der Waals surface area contributed by atoms with Crippen LogP contribution in [-0.2, 0) is 0 Å². The fraction of sp³-hybridized carbons (Fsp3) is 0.667. The maximum atomic E-state index is 3.84. The van der Waals surface area contributed by atoms with Gasteiger partial charge < -0.3 is 10.2 Å². The van der Waals surface area contributed by atoms with Crippen LogP contribution < -0.4 is 10.2 Å². The second-order valence-corrected chi connectivity index (χ2v) is 8.32. The molecule has 0 spiro atoms. The number of piperidine rings is 1. The van der Waals surface area contributed by atoms with Gasteiger partial charge in [0.05, 0.1) is 11.4 Å². The molecular weight excluding hydrogens is 276 g/mol. The van der Waals surface area contributed by atoms with Gasteiger partial charge in [-0.3, -0.25) is 0 Å². The van der Waals surface area contributed by atoms with E-state index in [2.05, 4.69) is 60.1 Å². The SMILES string of the molecule is CC1(C)CSCC(Nc2ccccc2N2CCCCC2)C1. The zero-order valence-electron chi connectivity index (χ0n) is 13.4. The van der Waals surface area contributed by atoms with E-state index in [1.807, 2.05) is 0 Å². The van der Waals surface area contributed by atoms with Crippen LogP contribution in [-0.4, -0.2) is 30.6 Å². The van der Waals surface area contributed by atoms with Gasteiger partial charge in [-0.1, -0.05) is 26.0 Å². The van der Waals surface area contributed by atoms with E-state index < -0.39 is 0 Å². The van der Waals surface area contributed by atoms with Crippen LogP contribution >= 0.6 is 11.8 Å². The summed E-state index contributed by atoms with van der Waals surface area (Å²) in [6.07, 6.45) is 5.33. The molecule has 1 unspecified atom stereocenters. The van der Waals surface area contributed by atoms with Gasteiger partial charge in [0.15, 0.2) is 0 Å². The third-order valence-corrected chi connectivity index (χ3v) is 6.19. The van der Waals surface area contributed by atoms with Gasteiger partial charge in [0.2, 0.25) is 0 Å². The van der Waals surface area contributed by atoms with Crippen LogP contribution in [0.5, 0.6) is 0 Å². The third-order valence-electron chi connectivity index (χ3n) is 4.57. The average molecular weight is 305 g/mol. The normalized spacial score (nSPS) is 25.6. The van der Waals surface area contributed by atoms with Gasteiger partial charge in [0.1, 0.15) is 0 Å². The van der Waals surface area contributed by atoms with E-state index in [-0.39, 0.29) is 0 Å². The highest BCUT2D eigenvalue weighted by Crippen LogP contribution is 2.36. The van der Waals surface area contributed by atoms with Crippen LogP contribution in [0.2, 0.25) is 0 Å². The summed E-state index contributed by atoms with van der Waals surface area (Å²) < 4.78 is 0. The van der Waals surface area contributed by atoms with E-state index in [1.165, 1.54) is 61.7 Å². The predicted octanol–water partition coefficient (Wildman–Crippen LogP) is 4.62. The van der Waals surface area contributed by atoms with Gasteiger partial charge in [0.25, 0.3) is 0 Å². The van der Waals surface area contributed by atoms with Crippen molar-refractivity contribution in [1.82, 2.24) is 0 Å². The number of nitrogens with zero attached hydrogens (tertiary/aromatic N) is 1. The number of para-hydroxylation sites is 2. The molecule has 3 heteroatoms. The molecule has 3 rings (SSSR count). The van der Waals surface area contributed by atoms with Crippen molar-refractivity contribution in [2.75, 3.05) is 34.8 Å². The lowest BCUT2D eigenvalue weighted by atomic mass is 9.87. The van der Waals surface area contributed by atoms with Crippen LogP contribution in [0.3, 0.4) is 0 Å². The Morgan fingerprint density at radius 2 is 1.90 bits per heavy atom. The number of thioether (sulfide) groups is 1. The van der Waals surface area contributed by atoms with Gasteiger partial charge in [-0.25, -0.2) is 0 Å². The molecule has 116 valence electrons. The summed E-state index contributed by atoms with van der Waals surface area (Å²) >= 11 is 2.09. The number of anilines is 2. The van der Waals surface area contributed by atoms with Gasteiger partial charge in [-0.15, -0.1) is 0 Å². The van der Waals surface area contributed by atoms with Crippen molar-refractivity contribution in [3.8, 4) is 0 Å². The summed E-state index contributed by atoms with van der Waals surface area (Å²) in [4.78, 5) is 2.56. The zero-order valence-corrected chi connectivity index (χ0v) is 14.2. The van der Waals surface area contributed by atoms with Crippen molar-refractivity contribution in [3.05, 3.63) is 24.3 Å².